The lowest BCUT2D eigenvalue weighted by molar-refractivity contribution is -0.137. The van der Waals surface area contributed by atoms with Crippen LogP contribution in [0.2, 0.25) is 0 Å². The molecule has 1 aromatic carbocycles. The Balaban J connectivity index is 0.00000288. The van der Waals surface area contributed by atoms with Crippen molar-refractivity contribution in [2.75, 3.05) is 11.1 Å². The lowest BCUT2D eigenvalue weighted by Gasteiger charge is -2.13. The van der Waals surface area contributed by atoms with Crippen molar-refractivity contribution >= 4 is 29.8 Å². The highest BCUT2D eigenvalue weighted by molar-refractivity contribution is 5.92. The van der Waals surface area contributed by atoms with Crippen molar-refractivity contribution in [2.45, 2.75) is 19.5 Å². The fourth-order valence-corrected chi connectivity index (χ4v) is 2.07. The maximum absolute atomic E-state index is 12.7. The summed E-state index contributed by atoms with van der Waals surface area (Å²) in [5.41, 5.74) is 5.68. The predicted octanol–water partition coefficient (Wildman–Crippen LogP) is 3.92. The monoisotopic (exact) mass is 359 g/mol. The Morgan fingerprint density at radius 1 is 1.29 bits per heavy atom. The molecule has 0 aliphatic heterocycles. The number of nitrogens with zero attached hydrogens (tertiary/aromatic N) is 1. The molecule has 1 unspecified atom stereocenters. The van der Waals surface area contributed by atoms with Gasteiger partial charge in [0.1, 0.15) is 5.82 Å². The summed E-state index contributed by atoms with van der Waals surface area (Å²) < 4.78 is 38.1. The molecule has 2 rings (SSSR count). The van der Waals surface area contributed by atoms with Crippen LogP contribution in [0, 0.1) is 5.92 Å². The number of carbonyl (C=O) groups excluding carboxylic acids is 1. The third-order valence-corrected chi connectivity index (χ3v) is 3.30. The smallest absolute Gasteiger partial charge is 0.384 e. The number of hydrogen-bond donors (Lipinski definition) is 2. The van der Waals surface area contributed by atoms with Gasteiger partial charge in [0.05, 0.1) is 17.4 Å². The van der Waals surface area contributed by atoms with Gasteiger partial charge in [-0.15, -0.1) is 12.4 Å². The molecule has 1 amide bonds. The van der Waals surface area contributed by atoms with Crippen molar-refractivity contribution < 1.29 is 18.0 Å². The summed E-state index contributed by atoms with van der Waals surface area (Å²) in [5.74, 6) is -0.454. The molecular formula is C16H17ClF3N3O. The van der Waals surface area contributed by atoms with Gasteiger partial charge < -0.3 is 11.1 Å². The van der Waals surface area contributed by atoms with Crippen LogP contribution in [0.5, 0.6) is 0 Å². The van der Waals surface area contributed by atoms with Gasteiger partial charge >= 0.3 is 6.18 Å². The van der Waals surface area contributed by atoms with Gasteiger partial charge in [0, 0.05) is 5.92 Å². The van der Waals surface area contributed by atoms with Gasteiger partial charge in [-0.3, -0.25) is 4.79 Å². The van der Waals surface area contributed by atoms with Crippen molar-refractivity contribution in [3.8, 4) is 0 Å². The van der Waals surface area contributed by atoms with Gasteiger partial charge in [-0.1, -0.05) is 25.1 Å². The fraction of sp³-hybridized carbons (Fsp3) is 0.250. The Kier molecular flexibility index (Phi) is 6.60. The Morgan fingerprint density at radius 3 is 2.58 bits per heavy atom. The number of hydrogen-bond acceptors (Lipinski definition) is 3. The van der Waals surface area contributed by atoms with E-state index in [1.54, 1.807) is 25.1 Å². The van der Waals surface area contributed by atoms with Crippen LogP contribution in [-0.4, -0.2) is 10.9 Å². The molecule has 130 valence electrons. The Bertz CT molecular complexity index is 690. The number of pyridine rings is 1. The maximum Gasteiger partial charge on any atom is 0.416 e. The largest absolute Gasteiger partial charge is 0.416 e. The maximum atomic E-state index is 12.7. The summed E-state index contributed by atoms with van der Waals surface area (Å²) in [6.07, 6.45) is -2.76. The van der Waals surface area contributed by atoms with Crippen LogP contribution < -0.4 is 11.1 Å². The minimum Gasteiger partial charge on any atom is -0.384 e. The third kappa shape index (κ3) is 5.42. The van der Waals surface area contributed by atoms with Crippen molar-refractivity contribution in [3.05, 3.63) is 53.7 Å². The number of benzene rings is 1. The predicted molar refractivity (Wildman–Crippen MR) is 88.8 cm³/mol. The van der Waals surface area contributed by atoms with E-state index < -0.39 is 17.7 Å². The number of amides is 1. The highest BCUT2D eigenvalue weighted by Crippen LogP contribution is 2.30. The molecule has 4 nitrogen and oxygen atoms in total. The van der Waals surface area contributed by atoms with Crippen molar-refractivity contribution in [3.63, 3.8) is 0 Å². The summed E-state index contributed by atoms with van der Waals surface area (Å²) in [6.45, 7) is 1.65. The Morgan fingerprint density at radius 2 is 2.00 bits per heavy atom. The molecule has 0 spiro atoms. The average Bonchev–Trinajstić information content (AvgIpc) is 2.49. The van der Waals surface area contributed by atoms with Crippen molar-refractivity contribution in [2.24, 2.45) is 5.92 Å². The SMILES string of the molecule is CC(Cc1cccc(C(F)(F)F)c1)C(=O)Nc1ccc(N)nc1.Cl. The molecule has 0 saturated carbocycles. The molecule has 0 radical (unpaired) electrons. The highest BCUT2D eigenvalue weighted by Gasteiger charge is 2.30. The van der Waals surface area contributed by atoms with Crippen LogP contribution in [-0.2, 0) is 17.4 Å². The molecule has 0 saturated heterocycles. The topological polar surface area (TPSA) is 68.0 Å². The molecule has 1 heterocycles. The van der Waals surface area contributed by atoms with E-state index >= 15 is 0 Å². The quantitative estimate of drug-likeness (QED) is 0.869. The van der Waals surface area contributed by atoms with Crippen LogP contribution in [0.1, 0.15) is 18.1 Å². The molecule has 24 heavy (non-hydrogen) atoms. The van der Waals surface area contributed by atoms with E-state index in [-0.39, 0.29) is 24.7 Å². The van der Waals surface area contributed by atoms with Crippen LogP contribution in [0.3, 0.4) is 0 Å². The van der Waals surface area contributed by atoms with E-state index in [2.05, 4.69) is 10.3 Å². The fourth-order valence-electron chi connectivity index (χ4n) is 2.07. The molecule has 8 heteroatoms. The molecule has 1 atom stereocenters. The minimum absolute atomic E-state index is 0. The van der Waals surface area contributed by atoms with Crippen molar-refractivity contribution in [1.82, 2.24) is 4.98 Å². The first-order chi connectivity index (χ1) is 10.8. The van der Waals surface area contributed by atoms with Crippen molar-refractivity contribution in [1.29, 1.82) is 0 Å². The van der Waals surface area contributed by atoms with Crippen LogP contribution >= 0.6 is 12.4 Å². The first-order valence-corrected chi connectivity index (χ1v) is 6.94. The second kappa shape index (κ2) is 8.01. The number of alkyl halides is 3. The van der Waals surface area contributed by atoms with Gasteiger partial charge in [-0.05, 0) is 30.2 Å². The van der Waals surface area contributed by atoms with E-state index in [1.165, 1.54) is 12.3 Å². The zero-order valence-electron chi connectivity index (χ0n) is 12.8. The van der Waals surface area contributed by atoms with E-state index in [0.717, 1.165) is 12.1 Å². The van der Waals surface area contributed by atoms with Gasteiger partial charge in [0.15, 0.2) is 0 Å². The van der Waals surface area contributed by atoms with Crippen LogP contribution in [0.15, 0.2) is 42.6 Å². The normalized spacial score (nSPS) is 12.2. The summed E-state index contributed by atoms with van der Waals surface area (Å²) in [6, 6.07) is 8.14. The lowest BCUT2D eigenvalue weighted by Crippen LogP contribution is -2.22. The number of nitrogens with two attached hydrogens (primary N) is 1. The first-order valence-electron chi connectivity index (χ1n) is 6.94. The number of aromatic nitrogens is 1. The summed E-state index contributed by atoms with van der Waals surface area (Å²) in [4.78, 5) is 15.9. The second-order valence-electron chi connectivity index (χ2n) is 5.26. The Labute approximate surface area is 143 Å². The molecule has 0 bridgehead atoms. The highest BCUT2D eigenvalue weighted by atomic mass is 35.5. The molecule has 3 N–H and O–H groups in total. The standard InChI is InChI=1S/C16H16F3N3O.ClH/c1-10(15(23)22-13-5-6-14(20)21-9-13)7-11-3-2-4-12(8-11)16(17,18)19;/h2-6,8-10H,7H2,1H3,(H2,20,21)(H,22,23);1H. The number of nitrogens with one attached hydrogen (secondary N) is 1. The number of rotatable bonds is 4. The van der Waals surface area contributed by atoms with E-state index in [0.29, 0.717) is 17.1 Å². The number of anilines is 2. The number of nitrogen functional groups attached to an aromatic ring is 1. The third-order valence-electron chi connectivity index (χ3n) is 3.30. The van der Waals surface area contributed by atoms with Gasteiger partial charge in [-0.2, -0.15) is 13.2 Å². The molecule has 2 aromatic rings. The lowest BCUT2D eigenvalue weighted by atomic mass is 9.98. The minimum atomic E-state index is -4.39. The van der Waals surface area contributed by atoms with E-state index in [9.17, 15) is 18.0 Å². The molecule has 0 aliphatic carbocycles. The van der Waals surface area contributed by atoms with Gasteiger partial charge in [-0.25, -0.2) is 4.98 Å². The second-order valence-corrected chi connectivity index (χ2v) is 5.26. The first kappa shape index (κ1) is 19.8. The van der Waals surface area contributed by atoms with Gasteiger partial charge in [0.2, 0.25) is 5.91 Å². The zero-order valence-corrected chi connectivity index (χ0v) is 13.6. The molecule has 0 fully saturated rings. The Hall–Kier alpha value is -2.28. The zero-order chi connectivity index (χ0) is 17.0. The summed E-state index contributed by atoms with van der Waals surface area (Å²) in [7, 11) is 0. The van der Waals surface area contributed by atoms with Crippen LogP contribution in [0.25, 0.3) is 0 Å². The summed E-state index contributed by atoms with van der Waals surface area (Å²) >= 11 is 0. The van der Waals surface area contributed by atoms with Crippen LogP contribution in [0.4, 0.5) is 24.7 Å². The molecular weight excluding hydrogens is 343 g/mol. The number of halogens is 4. The van der Waals surface area contributed by atoms with E-state index in [1.807, 2.05) is 0 Å². The molecule has 0 aliphatic rings. The number of carbonyl (C=O) groups is 1. The van der Waals surface area contributed by atoms with Gasteiger partial charge in [0.25, 0.3) is 0 Å². The average molecular weight is 360 g/mol. The summed E-state index contributed by atoms with van der Waals surface area (Å²) in [5, 5.41) is 2.65. The molecule has 1 aromatic heterocycles. The van der Waals surface area contributed by atoms with E-state index in [4.69, 9.17) is 5.73 Å².